The predicted molar refractivity (Wildman–Crippen MR) is 42.4 cm³/mol. The fraction of sp³-hybridized carbons (Fsp3) is 1.00. The van der Waals surface area contributed by atoms with E-state index < -0.39 is 0 Å². The van der Waals surface area contributed by atoms with Gasteiger partial charge < -0.3 is 4.74 Å². The first-order chi connectivity index (χ1) is 5.36. The second kappa shape index (κ2) is 4.67. The van der Waals surface area contributed by atoms with Crippen LogP contribution in [0.25, 0.3) is 0 Å². The van der Waals surface area contributed by atoms with E-state index >= 15 is 0 Å². The third kappa shape index (κ3) is 2.75. The molecule has 1 atom stereocenters. The molecule has 0 bridgehead atoms. The van der Waals surface area contributed by atoms with E-state index in [0.717, 1.165) is 25.9 Å². The lowest BCUT2D eigenvalue weighted by Crippen LogP contribution is -2.40. The van der Waals surface area contributed by atoms with E-state index in [1.54, 1.807) is 7.11 Å². The lowest BCUT2D eigenvalue weighted by Gasteiger charge is -2.30. The first kappa shape index (κ1) is 8.94. The SMILES string of the molecule is COC1CCCN(CCF)C1. The summed E-state index contributed by atoms with van der Waals surface area (Å²) in [4.78, 5) is 2.12. The van der Waals surface area contributed by atoms with Gasteiger partial charge in [-0.1, -0.05) is 0 Å². The molecule has 2 nitrogen and oxygen atoms in total. The number of hydrogen-bond acceptors (Lipinski definition) is 2. The number of likely N-dealkylation sites (tertiary alicyclic amines) is 1. The van der Waals surface area contributed by atoms with Crippen LogP contribution >= 0.6 is 0 Å². The largest absolute Gasteiger partial charge is 0.380 e. The molecule has 1 aliphatic heterocycles. The normalized spacial score (nSPS) is 27.3. The lowest BCUT2D eigenvalue weighted by molar-refractivity contribution is 0.0296. The van der Waals surface area contributed by atoms with Gasteiger partial charge in [-0.25, -0.2) is 4.39 Å². The van der Waals surface area contributed by atoms with Gasteiger partial charge in [0.05, 0.1) is 6.10 Å². The smallest absolute Gasteiger partial charge is 0.102 e. The molecule has 0 spiro atoms. The van der Waals surface area contributed by atoms with Gasteiger partial charge in [0.2, 0.25) is 0 Å². The number of piperidine rings is 1. The van der Waals surface area contributed by atoms with Crippen molar-refractivity contribution in [1.82, 2.24) is 4.90 Å². The Morgan fingerprint density at radius 2 is 2.45 bits per heavy atom. The molecule has 3 heteroatoms. The summed E-state index contributed by atoms with van der Waals surface area (Å²) in [5, 5.41) is 0. The Balaban J connectivity index is 2.21. The van der Waals surface area contributed by atoms with E-state index in [1.165, 1.54) is 0 Å². The van der Waals surface area contributed by atoms with Gasteiger partial charge in [0.25, 0.3) is 0 Å². The van der Waals surface area contributed by atoms with Crippen molar-refractivity contribution >= 4 is 0 Å². The van der Waals surface area contributed by atoms with Crippen LogP contribution in [0, 0.1) is 0 Å². The maximum Gasteiger partial charge on any atom is 0.102 e. The van der Waals surface area contributed by atoms with Crippen LogP contribution in [0.4, 0.5) is 4.39 Å². The number of halogens is 1. The highest BCUT2D eigenvalue weighted by Gasteiger charge is 2.18. The van der Waals surface area contributed by atoms with Crippen LogP contribution in [0.5, 0.6) is 0 Å². The summed E-state index contributed by atoms with van der Waals surface area (Å²) in [6.45, 7) is 2.26. The van der Waals surface area contributed by atoms with Crippen LogP contribution in [0.2, 0.25) is 0 Å². The predicted octanol–water partition coefficient (Wildman–Crippen LogP) is 1.07. The molecular weight excluding hydrogens is 145 g/mol. The summed E-state index contributed by atoms with van der Waals surface area (Å²) in [5.41, 5.74) is 0. The summed E-state index contributed by atoms with van der Waals surface area (Å²) in [6, 6.07) is 0. The third-order valence-electron chi connectivity index (χ3n) is 2.20. The Kier molecular flexibility index (Phi) is 3.80. The molecule has 0 amide bonds. The number of methoxy groups -OCH3 is 1. The standard InChI is InChI=1S/C8H16FNO/c1-11-8-3-2-5-10(7-8)6-4-9/h8H,2-7H2,1H3. The Morgan fingerprint density at radius 1 is 1.64 bits per heavy atom. The number of rotatable bonds is 3. The van der Waals surface area contributed by atoms with E-state index in [-0.39, 0.29) is 6.67 Å². The van der Waals surface area contributed by atoms with Crippen LogP contribution in [0.15, 0.2) is 0 Å². The van der Waals surface area contributed by atoms with Crippen LogP contribution in [-0.4, -0.2) is 44.4 Å². The average Bonchev–Trinajstić information content (AvgIpc) is 2.06. The van der Waals surface area contributed by atoms with Gasteiger partial charge >= 0.3 is 0 Å². The molecule has 1 heterocycles. The Labute approximate surface area is 67.3 Å². The molecule has 0 N–H and O–H groups in total. The van der Waals surface area contributed by atoms with E-state index in [0.29, 0.717) is 12.6 Å². The summed E-state index contributed by atoms with van der Waals surface area (Å²) < 4.78 is 17.1. The molecule has 0 aromatic rings. The maximum atomic E-state index is 11.9. The average molecular weight is 161 g/mol. The number of alkyl halides is 1. The number of nitrogens with zero attached hydrogens (tertiary/aromatic N) is 1. The number of hydrogen-bond donors (Lipinski definition) is 0. The summed E-state index contributed by atoms with van der Waals surface area (Å²) in [5.74, 6) is 0. The van der Waals surface area contributed by atoms with Crippen LogP contribution in [0.1, 0.15) is 12.8 Å². The van der Waals surface area contributed by atoms with Gasteiger partial charge in [-0.3, -0.25) is 4.90 Å². The van der Waals surface area contributed by atoms with Crippen molar-refractivity contribution in [2.45, 2.75) is 18.9 Å². The minimum atomic E-state index is -0.240. The van der Waals surface area contributed by atoms with Crippen LogP contribution < -0.4 is 0 Å². The highest BCUT2D eigenvalue weighted by Crippen LogP contribution is 2.11. The molecule has 0 radical (unpaired) electrons. The molecule has 11 heavy (non-hydrogen) atoms. The van der Waals surface area contributed by atoms with Crippen molar-refractivity contribution in [1.29, 1.82) is 0 Å². The number of ether oxygens (including phenoxy) is 1. The summed E-state index contributed by atoms with van der Waals surface area (Å²) in [7, 11) is 1.73. The van der Waals surface area contributed by atoms with Crippen molar-refractivity contribution in [3.05, 3.63) is 0 Å². The highest BCUT2D eigenvalue weighted by molar-refractivity contribution is 4.72. The second-order valence-electron chi connectivity index (χ2n) is 2.99. The Bertz CT molecular complexity index is 108. The molecule has 66 valence electrons. The van der Waals surface area contributed by atoms with Crippen LogP contribution in [-0.2, 0) is 4.74 Å². The molecular formula is C8H16FNO. The minimum absolute atomic E-state index is 0.240. The fourth-order valence-electron chi connectivity index (χ4n) is 1.53. The zero-order chi connectivity index (χ0) is 8.10. The van der Waals surface area contributed by atoms with E-state index in [1.807, 2.05) is 0 Å². The van der Waals surface area contributed by atoms with Crippen molar-refractivity contribution in [2.24, 2.45) is 0 Å². The second-order valence-corrected chi connectivity index (χ2v) is 2.99. The van der Waals surface area contributed by atoms with E-state index in [4.69, 9.17) is 4.74 Å². The zero-order valence-electron chi connectivity index (χ0n) is 7.05. The van der Waals surface area contributed by atoms with Gasteiger partial charge in [0, 0.05) is 20.2 Å². The van der Waals surface area contributed by atoms with Crippen molar-refractivity contribution in [3.63, 3.8) is 0 Å². The quantitative estimate of drug-likeness (QED) is 0.614. The van der Waals surface area contributed by atoms with Gasteiger partial charge in [0.15, 0.2) is 0 Å². The molecule has 0 aliphatic carbocycles. The Morgan fingerprint density at radius 3 is 3.09 bits per heavy atom. The first-order valence-electron chi connectivity index (χ1n) is 4.18. The monoisotopic (exact) mass is 161 g/mol. The molecule has 0 aromatic carbocycles. The maximum absolute atomic E-state index is 11.9. The molecule has 1 fully saturated rings. The van der Waals surface area contributed by atoms with Gasteiger partial charge in [0.1, 0.15) is 6.67 Å². The molecule has 0 saturated carbocycles. The molecule has 1 aliphatic rings. The van der Waals surface area contributed by atoms with Crippen LogP contribution in [0.3, 0.4) is 0 Å². The molecule has 0 aromatic heterocycles. The first-order valence-corrected chi connectivity index (χ1v) is 4.18. The van der Waals surface area contributed by atoms with Crippen molar-refractivity contribution in [2.75, 3.05) is 33.4 Å². The fourth-order valence-corrected chi connectivity index (χ4v) is 1.53. The third-order valence-corrected chi connectivity index (χ3v) is 2.20. The lowest BCUT2D eigenvalue weighted by atomic mass is 10.1. The molecule has 1 rings (SSSR count). The topological polar surface area (TPSA) is 12.5 Å². The molecule has 1 unspecified atom stereocenters. The van der Waals surface area contributed by atoms with Crippen molar-refractivity contribution < 1.29 is 9.13 Å². The van der Waals surface area contributed by atoms with Gasteiger partial charge in [-0.2, -0.15) is 0 Å². The minimum Gasteiger partial charge on any atom is -0.380 e. The Hall–Kier alpha value is -0.150. The van der Waals surface area contributed by atoms with E-state index in [2.05, 4.69) is 4.90 Å². The zero-order valence-corrected chi connectivity index (χ0v) is 7.05. The summed E-state index contributed by atoms with van der Waals surface area (Å²) in [6.07, 6.45) is 2.59. The van der Waals surface area contributed by atoms with Crippen molar-refractivity contribution in [3.8, 4) is 0 Å². The van der Waals surface area contributed by atoms with Gasteiger partial charge in [-0.15, -0.1) is 0 Å². The summed E-state index contributed by atoms with van der Waals surface area (Å²) >= 11 is 0. The van der Waals surface area contributed by atoms with E-state index in [9.17, 15) is 4.39 Å². The van der Waals surface area contributed by atoms with Gasteiger partial charge in [-0.05, 0) is 19.4 Å². The highest BCUT2D eigenvalue weighted by atomic mass is 19.1. The molecule has 1 saturated heterocycles.